The highest BCUT2D eigenvalue weighted by Gasteiger charge is 2.26. The van der Waals surface area contributed by atoms with Gasteiger partial charge in [0, 0.05) is 69.0 Å². The highest BCUT2D eigenvalue weighted by Crippen LogP contribution is 2.30. The van der Waals surface area contributed by atoms with Crippen LogP contribution in [0.3, 0.4) is 0 Å². The Hall–Kier alpha value is -4.24. The van der Waals surface area contributed by atoms with Crippen molar-refractivity contribution >= 4 is 29.1 Å². The molecular weight excluding hydrogens is 485 g/mol. The van der Waals surface area contributed by atoms with Crippen LogP contribution in [0.5, 0.6) is 0 Å². The van der Waals surface area contributed by atoms with E-state index in [2.05, 4.69) is 15.5 Å². The lowest BCUT2D eigenvalue weighted by atomic mass is 10.1. The minimum Gasteiger partial charge on any atom is -0.366 e. The molecule has 0 atom stereocenters. The molecule has 2 aliphatic rings. The summed E-state index contributed by atoms with van der Waals surface area (Å²) in [6.45, 7) is 4.82. The average molecular weight is 516 g/mol. The quantitative estimate of drug-likeness (QED) is 0.546. The van der Waals surface area contributed by atoms with E-state index >= 15 is 0 Å². The number of hydrogen-bond acceptors (Lipinski definition) is 5. The standard InChI is InChI=1S/C29H30FN5O3/c30-24-9-6-22(7-10-24)28(37)35-18-16-33(17-19-35)26-11-8-23(29(38)34-14-12-31-13-15-34)20-25(26)32-27(36)21-4-2-1-3-5-21/h1-11,20,31H,12-19H2,(H,32,36). The lowest BCUT2D eigenvalue weighted by molar-refractivity contribution is 0.0731. The molecule has 0 aromatic heterocycles. The Morgan fingerprint density at radius 3 is 1.97 bits per heavy atom. The van der Waals surface area contributed by atoms with Gasteiger partial charge >= 0.3 is 0 Å². The molecule has 0 spiro atoms. The molecular formula is C29H30FN5O3. The van der Waals surface area contributed by atoms with Gasteiger partial charge in [-0.05, 0) is 54.6 Å². The summed E-state index contributed by atoms with van der Waals surface area (Å²) in [5, 5.41) is 6.26. The third-order valence-corrected chi connectivity index (χ3v) is 6.93. The maximum atomic E-state index is 13.3. The minimum absolute atomic E-state index is 0.0667. The molecule has 9 heteroatoms. The Bertz CT molecular complexity index is 1300. The molecule has 8 nitrogen and oxygen atoms in total. The van der Waals surface area contributed by atoms with Crippen LogP contribution in [-0.2, 0) is 0 Å². The molecule has 0 aliphatic carbocycles. The van der Waals surface area contributed by atoms with Crippen LogP contribution in [0.4, 0.5) is 15.8 Å². The van der Waals surface area contributed by atoms with Crippen molar-refractivity contribution in [1.82, 2.24) is 15.1 Å². The number of benzene rings is 3. The molecule has 2 N–H and O–H groups in total. The summed E-state index contributed by atoms with van der Waals surface area (Å²) in [4.78, 5) is 44.8. The number of carbonyl (C=O) groups is 3. The number of rotatable bonds is 5. The Morgan fingerprint density at radius 2 is 1.29 bits per heavy atom. The van der Waals surface area contributed by atoms with E-state index < -0.39 is 0 Å². The number of carbonyl (C=O) groups excluding carboxylic acids is 3. The zero-order valence-corrected chi connectivity index (χ0v) is 21.0. The molecule has 3 amide bonds. The van der Waals surface area contributed by atoms with Crippen molar-refractivity contribution in [1.29, 1.82) is 0 Å². The van der Waals surface area contributed by atoms with E-state index in [0.29, 0.717) is 61.6 Å². The van der Waals surface area contributed by atoms with E-state index in [4.69, 9.17) is 0 Å². The molecule has 2 saturated heterocycles. The Morgan fingerprint density at radius 1 is 0.684 bits per heavy atom. The van der Waals surface area contributed by atoms with Crippen LogP contribution in [0.25, 0.3) is 0 Å². The number of nitrogens with one attached hydrogen (secondary N) is 2. The van der Waals surface area contributed by atoms with E-state index in [0.717, 1.165) is 18.8 Å². The van der Waals surface area contributed by atoms with E-state index in [1.54, 1.807) is 41.3 Å². The molecule has 2 heterocycles. The number of halogens is 1. The van der Waals surface area contributed by atoms with Gasteiger partial charge in [-0.1, -0.05) is 18.2 Å². The molecule has 3 aromatic rings. The van der Waals surface area contributed by atoms with Gasteiger partial charge in [0.15, 0.2) is 0 Å². The zero-order chi connectivity index (χ0) is 26.5. The first-order valence-corrected chi connectivity index (χ1v) is 12.8. The number of nitrogens with zero attached hydrogens (tertiary/aromatic N) is 3. The maximum Gasteiger partial charge on any atom is 0.255 e. The van der Waals surface area contributed by atoms with Crippen LogP contribution in [0.2, 0.25) is 0 Å². The Balaban J connectivity index is 1.35. The van der Waals surface area contributed by atoms with Crippen molar-refractivity contribution in [3.8, 4) is 0 Å². The summed E-state index contributed by atoms with van der Waals surface area (Å²) >= 11 is 0. The number of piperazine rings is 2. The zero-order valence-electron chi connectivity index (χ0n) is 21.0. The summed E-state index contributed by atoms with van der Waals surface area (Å²) < 4.78 is 13.3. The Labute approximate surface area is 221 Å². The molecule has 2 fully saturated rings. The van der Waals surface area contributed by atoms with Gasteiger partial charge in [0.25, 0.3) is 17.7 Å². The smallest absolute Gasteiger partial charge is 0.255 e. The summed E-state index contributed by atoms with van der Waals surface area (Å²) in [5.41, 5.74) is 2.83. The summed E-state index contributed by atoms with van der Waals surface area (Å²) in [5.74, 6) is -0.846. The molecule has 0 saturated carbocycles. The van der Waals surface area contributed by atoms with Crippen molar-refractivity contribution < 1.29 is 18.8 Å². The van der Waals surface area contributed by atoms with Gasteiger partial charge in [-0.2, -0.15) is 0 Å². The molecule has 0 bridgehead atoms. The largest absolute Gasteiger partial charge is 0.366 e. The lowest BCUT2D eigenvalue weighted by Gasteiger charge is -2.37. The molecule has 5 rings (SSSR count). The highest BCUT2D eigenvalue weighted by molar-refractivity contribution is 6.07. The molecule has 0 unspecified atom stereocenters. The van der Waals surface area contributed by atoms with Crippen LogP contribution in [0, 0.1) is 5.82 Å². The van der Waals surface area contributed by atoms with Crippen LogP contribution >= 0.6 is 0 Å². The van der Waals surface area contributed by atoms with Crippen molar-refractivity contribution in [3.63, 3.8) is 0 Å². The van der Waals surface area contributed by atoms with E-state index in [9.17, 15) is 18.8 Å². The van der Waals surface area contributed by atoms with Crippen molar-refractivity contribution in [2.24, 2.45) is 0 Å². The van der Waals surface area contributed by atoms with E-state index in [1.807, 2.05) is 17.0 Å². The van der Waals surface area contributed by atoms with Gasteiger partial charge in [0.1, 0.15) is 5.82 Å². The second-order valence-corrected chi connectivity index (χ2v) is 9.38. The van der Waals surface area contributed by atoms with Crippen LogP contribution in [0.15, 0.2) is 72.8 Å². The predicted molar refractivity (Wildman–Crippen MR) is 144 cm³/mol. The number of amides is 3. The summed E-state index contributed by atoms with van der Waals surface area (Å²) in [7, 11) is 0. The van der Waals surface area contributed by atoms with Gasteiger partial charge in [-0.3, -0.25) is 14.4 Å². The van der Waals surface area contributed by atoms with Gasteiger partial charge in [0.2, 0.25) is 0 Å². The van der Waals surface area contributed by atoms with Gasteiger partial charge in [-0.15, -0.1) is 0 Å². The molecule has 38 heavy (non-hydrogen) atoms. The first-order chi connectivity index (χ1) is 18.5. The first kappa shape index (κ1) is 25.4. The van der Waals surface area contributed by atoms with Crippen LogP contribution in [0.1, 0.15) is 31.1 Å². The molecule has 3 aromatic carbocycles. The average Bonchev–Trinajstić information content (AvgIpc) is 2.98. The van der Waals surface area contributed by atoms with Gasteiger partial charge in [-0.25, -0.2) is 4.39 Å². The van der Waals surface area contributed by atoms with Crippen molar-refractivity contribution in [3.05, 3.63) is 95.3 Å². The third kappa shape index (κ3) is 5.68. The summed E-state index contributed by atoms with van der Waals surface area (Å²) in [6.07, 6.45) is 0. The second kappa shape index (κ2) is 11.4. The Kier molecular flexibility index (Phi) is 7.65. The normalized spacial score (nSPS) is 15.8. The number of hydrogen-bond donors (Lipinski definition) is 2. The van der Waals surface area contributed by atoms with Gasteiger partial charge < -0.3 is 25.3 Å². The SMILES string of the molecule is O=C(Nc1cc(C(=O)N2CCNCC2)ccc1N1CCN(C(=O)c2ccc(F)cc2)CC1)c1ccccc1. The van der Waals surface area contributed by atoms with E-state index in [1.165, 1.54) is 24.3 Å². The summed E-state index contributed by atoms with van der Waals surface area (Å²) in [6, 6.07) is 19.9. The van der Waals surface area contributed by atoms with E-state index in [-0.39, 0.29) is 23.5 Å². The minimum atomic E-state index is -0.379. The topological polar surface area (TPSA) is 85.0 Å². The maximum absolute atomic E-state index is 13.3. The molecule has 0 radical (unpaired) electrons. The monoisotopic (exact) mass is 515 g/mol. The molecule has 2 aliphatic heterocycles. The van der Waals surface area contributed by atoms with Crippen LogP contribution < -0.4 is 15.5 Å². The number of anilines is 2. The second-order valence-electron chi connectivity index (χ2n) is 9.38. The fourth-order valence-corrected chi connectivity index (χ4v) is 4.80. The first-order valence-electron chi connectivity index (χ1n) is 12.8. The third-order valence-electron chi connectivity index (χ3n) is 6.93. The fraction of sp³-hybridized carbons (Fsp3) is 0.276. The van der Waals surface area contributed by atoms with Crippen molar-refractivity contribution in [2.45, 2.75) is 0 Å². The molecule has 196 valence electrons. The highest BCUT2D eigenvalue weighted by atomic mass is 19.1. The predicted octanol–water partition coefficient (Wildman–Crippen LogP) is 3.09. The van der Waals surface area contributed by atoms with Crippen LogP contribution in [-0.4, -0.2) is 79.9 Å². The van der Waals surface area contributed by atoms with Gasteiger partial charge in [0.05, 0.1) is 11.4 Å². The fourth-order valence-electron chi connectivity index (χ4n) is 4.80. The lowest BCUT2D eigenvalue weighted by Crippen LogP contribution is -2.49. The van der Waals surface area contributed by atoms with Crippen molar-refractivity contribution in [2.75, 3.05) is 62.6 Å².